The fourth-order valence-electron chi connectivity index (χ4n) is 2.49. The standard InChI is InChI=1S/C14H20FN3/c15-11-7-8-13(16)12(9-11)14(18-17)10-5-3-1-2-4-6-10/h5,7-9,14,18H,1-4,6,16-17H2. The van der Waals surface area contributed by atoms with Crippen LogP contribution in [-0.4, -0.2) is 0 Å². The minimum absolute atomic E-state index is 0.182. The van der Waals surface area contributed by atoms with Gasteiger partial charge in [0.2, 0.25) is 0 Å². The highest BCUT2D eigenvalue weighted by molar-refractivity contribution is 5.51. The van der Waals surface area contributed by atoms with Crippen molar-refractivity contribution in [2.75, 3.05) is 5.73 Å². The van der Waals surface area contributed by atoms with E-state index in [1.165, 1.54) is 30.5 Å². The molecule has 1 atom stereocenters. The van der Waals surface area contributed by atoms with E-state index in [1.54, 1.807) is 6.07 Å². The summed E-state index contributed by atoms with van der Waals surface area (Å²) in [7, 11) is 0. The summed E-state index contributed by atoms with van der Waals surface area (Å²) in [6.45, 7) is 0. The summed E-state index contributed by atoms with van der Waals surface area (Å²) in [4.78, 5) is 0. The molecule has 0 saturated heterocycles. The lowest BCUT2D eigenvalue weighted by Gasteiger charge is -2.21. The third kappa shape index (κ3) is 2.89. The molecular formula is C14H20FN3. The molecule has 0 saturated carbocycles. The van der Waals surface area contributed by atoms with Crippen molar-refractivity contribution in [3.05, 3.63) is 41.2 Å². The molecule has 18 heavy (non-hydrogen) atoms. The molecule has 0 aromatic heterocycles. The Morgan fingerprint density at radius 1 is 1.22 bits per heavy atom. The molecule has 3 nitrogen and oxygen atoms in total. The molecule has 5 N–H and O–H groups in total. The van der Waals surface area contributed by atoms with Crippen LogP contribution in [0.1, 0.15) is 43.7 Å². The summed E-state index contributed by atoms with van der Waals surface area (Å²) in [6.07, 6.45) is 7.85. The number of anilines is 1. The van der Waals surface area contributed by atoms with Crippen molar-refractivity contribution in [1.29, 1.82) is 0 Å². The number of nitrogen functional groups attached to an aromatic ring is 1. The number of nitrogens with one attached hydrogen (secondary N) is 1. The molecule has 0 fully saturated rings. The zero-order valence-electron chi connectivity index (χ0n) is 10.5. The van der Waals surface area contributed by atoms with Crippen molar-refractivity contribution >= 4 is 5.69 Å². The molecule has 1 aromatic rings. The maximum atomic E-state index is 13.3. The SMILES string of the molecule is NNC(C1=CCCCCC1)c1cc(F)ccc1N. The molecule has 98 valence electrons. The highest BCUT2D eigenvalue weighted by Gasteiger charge is 2.19. The van der Waals surface area contributed by atoms with Gasteiger partial charge in [-0.05, 0) is 43.9 Å². The minimum Gasteiger partial charge on any atom is -0.398 e. The number of nitrogens with two attached hydrogens (primary N) is 2. The molecule has 0 bridgehead atoms. The van der Waals surface area contributed by atoms with Crippen LogP contribution in [0.3, 0.4) is 0 Å². The monoisotopic (exact) mass is 249 g/mol. The van der Waals surface area contributed by atoms with Gasteiger partial charge in [0.1, 0.15) is 5.82 Å². The van der Waals surface area contributed by atoms with Gasteiger partial charge < -0.3 is 5.73 Å². The molecular weight excluding hydrogens is 229 g/mol. The Balaban J connectivity index is 2.32. The molecule has 1 unspecified atom stereocenters. The summed E-state index contributed by atoms with van der Waals surface area (Å²) in [6, 6.07) is 4.24. The average molecular weight is 249 g/mol. The number of hydrazine groups is 1. The van der Waals surface area contributed by atoms with Crippen LogP contribution < -0.4 is 17.0 Å². The molecule has 0 spiro atoms. The fraction of sp³-hybridized carbons (Fsp3) is 0.429. The quantitative estimate of drug-likeness (QED) is 0.334. The molecule has 0 aliphatic heterocycles. The molecule has 0 radical (unpaired) electrons. The van der Waals surface area contributed by atoms with Gasteiger partial charge in [0, 0.05) is 11.3 Å². The van der Waals surface area contributed by atoms with Crippen molar-refractivity contribution in [2.24, 2.45) is 5.84 Å². The van der Waals surface area contributed by atoms with Gasteiger partial charge in [-0.2, -0.15) is 0 Å². The predicted molar refractivity (Wildman–Crippen MR) is 72.0 cm³/mol. The van der Waals surface area contributed by atoms with Crippen LogP contribution >= 0.6 is 0 Å². The van der Waals surface area contributed by atoms with E-state index < -0.39 is 0 Å². The third-order valence-corrected chi connectivity index (χ3v) is 3.47. The number of benzene rings is 1. The molecule has 1 aliphatic rings. The van der Waals surface area contributed by atoms with Crippen LogP contribution in [0.2, 0.25) is 0 Å². The Bertz CT molecular complexity index is 443. The number of hydrogen-bond acceptors (Lipinski definition) is 3. The van der Waals surface area contributed by atoms with E-state index in [0.29, 0.717) is 5.69 Å². The summed E-state index contributed by atoms with van der Waals surface area (Å²) < 4.78 is 13.3. The van der Waals surface area contributed by atoms with Gasteiger partial charge in [0.25, 0.3) is 0 Å². The van der Waals surface area contributed by atoms with E-state index in [-0.39, 0.29) is 11.9 Å². The second-order valence-corrected chi connectivity index (χ2v) is 4.75. The molecule has 1 aliphatic carbocycles. The third-order valence-electron chi connectivity index (χ3n) is 3.47. The summed E-state index contributed by atoms with van der Waals surface area (Å²) in [5.41, 5.74) is 11.2. The fourth-order valence-corrected chi connectivity index (χ4v) is 2.49. The smallest absolute Gasteiger partial charge is 0.123 e. The number of hydrogen-bond donors (Lipinski definition) is 3. The normalized spacial score (nSPS) is 18.0. The first-order valence-corrected chi connectivity index (χ1v) is 6.42. The molecule has 4 heteroatoms. The van der Waals surface area contributed by atoms with Crippen molar-refractivity contribution in [2.45, 2.75) is 38.1 Å². The Labute approximate surface area is 107 Å². The van der Waals surface area contributed by atoms with Gasteiger partial charge in [-0.25, -0.2) is 9.82 Å². The largest absolute Gasteiger partial charge is 0.398 e. The van der Waals surface area contributed by atoms with E-state index in [9.17, 15) is 4.39 Å². The van der Waals surface area contributed by atoms with E-state index in [4.69, 9.17) is 11.6 Å². The van der Waals surface area contributed by atoms with Gasteiger partial charge >= 0.3 is 0 Å². The van der Waals surface area contributed by atoms with Crippen LogP contribution in [0.15, 0.2) is 29.8 Å². The summed E-state index contributed by atoms with van der Waals surface area (Å²) >= 11 is 0. The number of allylic oxidation sites excluding steroid dienone is 1. The van der Waals surface area contributed by atoms with Crippen molar-refractivity contribution < 1.29 is 4.39 Å². The molecule has 1 aromatic carbocycles. The lowest BCUT2D eigenvalue weighted by molar-refractivity contribution is 0.582. The van der Waals surface area contributed by atoms with E-state index in [1.807, 2.05) is 0 Å². The highest BCUT2D eigenvalue weighted by Crippen LogP contribution is 2.31. The summed E-state index contributed by atoms with van der Waals surface area (Å²) in [5, 5.41) is 0. The Morgan fingerprint density at radius 3 is 2.83 bits per heavy atom. The second-order valence-electron chi connectivity index (χ2n) is 4.75. The first-order valence-electron chi connectivity index (χ1n) is 6.42. The van der Waals surface area contributed by atoms with Gasteiger partial charge in [0.15, 0.2) is 0 Å². The highest BCUT2D eigenvalue weighted by atomic mass is 19.1. The maximum absolute atomic E-state index is 13.3. The molecule has 0 heterocycles. The van der Waals surface area contributed by atoms with Crippen molar-refractivity contribution in [3.63, 3.8) is 0 Å². The van der Waals surface area contributed by atoms with Crippen LogP contribution in [-0.2, 0) is 0 Å². The minimum atomic E-state index is -0.284. The van der Waals surface area contributed by atoms with Gasteiger partial charge in [0.05, 0.1) is 6.04 Å². The lowest BCUT2D eigenvalue weighted by Crippen LogP contribution is -2.30. The average Bonchev–Trinajstić information content (AvgIpc) is 2.64. The van der Waals surface area contributed by atoms with Gasteiger partial charge in [-0.1, -0.05) is 18.1 Å². The zero-order valence-corrected chi connectivity index (χ0v) is 10.5. The Hall–Kier alpha value is -1.39. The van der Waals surface area contributed by atoms with Crippen molar-refractivity contribution in [1.82, 2.24) is 5.43 Å². The molecule has 0 amide bonds. The predicted octanol–water partition coefficient (Wildman–Crippen LogP) is 2.80. The van der Waals surface area contributed by atoms with Crippen LogP contribution in [0, 0.1) is 5.82 Å². The number of halogens is 1. The van der Waals surface area contributed by atoms with Crippen LogP contribution in [0.25, 0.3) is 0 Å². The van der Waals surface area contributed by atoms with E-state index in [2.05, 4.69) is 11.5 Å². The lowest BCUT2D eigenvalue weighted by atomic mass is 9.94. The van der Waals surface area contributed by atoms with E-state index >= 15 is 0 Å². The Kier molecular flexibility index (Phi) is 4.33. The topological polar surface area (TPSA) is 64.1 Å². The van der Waals surface area contributed by atoms with E-state index in [0.717, 1.165) is 24.8 Å². The zero-order chi connectivity index (χ0) is 13.0. The van der Waals surface area contributed by atoms with Gasteiger partial charge in [-0.3, -0.25) is 5.84 Å². The first-order chi connectivity index (χ1) is 8.72. The van der Waals surface area contributed by atoms with Crippen LogP contribution in [0.5, 0.6) is 0 Å². The first kappa shape index (κ1) is 13.1. The van der Waals surface area contributed by atoms with Crippen molar-refractivity contribution in [3.8, 4) is 0 Å². The summed E-state index contributed by atoms with van der Waals surface area (Å²) in [5.74, 6) is 5.35. The van der Waals surface area contributed by atoms with Gasteiger partial charge in [-0.15, -0.1) is 0 Å². The Morgan fingerprint density at radius 2 is 2.06 bits per heavy atom. The maximum Gasteiger partial charge on any atom is 0.123 e. The number of rotatable bonds is 3. The second kappa shape index (κ2) is 5.98. The van der Waals surface area contributed by atoms with Crippen LogP contribution in [0.4, 0.5) is 10.1 Å². The molecule has 2 rings (SSSR count).